The Kier molecular flexibility index (Phi) is 4.24. The first kappa shape index (κ1) is 14.7. The van der Waals surface area contributed by atoms with Crippen LogP contribution in [-0.2, 0) is 15.6 Å². The predicted octanol–water partition coefficient (Wildman–Crippen LogP) is 1.51. The zero-order valence-corrected chi connectivity index (χ0v) is 12.9. The van der Waals surface area contributed by atoms with Gasteiger partial charge in [-0.25, -0.2) is 13.4 Å². The molecule has 2 aromatic rings. The van der Waals surface area contributed by atoms with Gasteiger partial charge in [-0.05, 0) is 22.0 Å². The third-order valence-electron chi connectivity index (χ3n) is 2.59. The van der Waals surface area contributed by atoms with Crippen LogP contribution in [0, 0.1) is 0 Å². The standard InChI is InChI=1S/C12H11BrN2O4S/c1-19-12-10(13)4-9(6-15-12)20(17,18)7-8-5-14-3-2-11(8)16/h2-6H,7H2,1H3,(H,14,16). The van der Waals surface area contributed by atoms with Gasteiger partial charge < -0.3 is 9.72 Å². The van der Waals surface area contributed by atoms with Crippen LogP contribution in [0.4, 0.5) is 0 Å². The Morgan fingerprint density at radius 2 is 2.20 bits per heavy atom. The number of aromatic amines is 1. The third-order valence-corrected chi connectivity index (χ3v) is 4.79. The Balaban J connectivity index is 2.39. The van der Waals surface area contributed by atoms with Crippen molar-refractivity contribution in [2.75, 3.05) is 7.11 Å². The van der Waals surface area contributed by atoms with E-state index in [1.807, 2.05) is 0 Å². The lowest BCUT2D eigenvalue weighted by molar-refractivity contribution is 0.394. The summed E-state index contributed by atoms with van der Waals surface area (Å²) < 4.78 is 29.9. The van der Waals surface area contributed by atoms with Gasteiger partial charge >= 0.3 is 0 Å². The minimum absolute atomic E-state index is 0.0217. The molecule has 0 bridgehead atoms. The van der Waals surface area contributed by atoms with E-state index < -0.39 is 9.84 Å². The van der Waals surface area contributed by atoms with Crippen molar-refractivity contribution in [1.29, 1.82) is 0 Å². The average molecular weight is 359 g/mol. The van der Waals surface area contributed by atoms with Gasteiger partial charge in [-0.15, -0.1) is 0 Å². The van der Waals surface area contributed by atoms with Crippen molar-refractivity contribution in [2.45, 2.75) is 10.6 Å². The molecule has 2 heterocycles. The van der Waals surface area contributed by atoms with Crippen LogP contribution in [0.25, 0.3) is 0 Å². The molecule has 6 nitrogen and oxygen atoms in total. The number of H-pyrrole nitrogens is 1. The lowest BCUT2D eigenvalue weighted by atomic mass is 10.3. The molecule has 0 aromatic carbocycles. The van der Waals surface area contributed by atoms with Crippen LogP contribution in [0.5, 0.6) is 5.88 Å². The molecule has 20 heavy (non-hydrogen) atoms. The van der Waals surface area contributed by atoms with E-state index in [1.165, 1.54) is 37.8 Å². The smallest absolute Gasteiger partial charge is 0.227 e. The van der Waals surface area contributed by atoms with Crippen molar-refractivity contribution in [3.05, 3.63) is 51.0 Å². The maximum Gasteiger partial charge on any atom is 0.227 e. The summed E-state index contributed by atoms with van der Waals surface area (Å²) in [5.41, 5.74) is -0.146. The Labute approximate surface area is 123 Å². The van der Waals surface area contributed by atoms with Crippen LogP contribution in [0.15, 0.2) is 44.9 Å². The molecule has 8 heteroatoms. The number of halogens is 1. The van der Waals surface area contributed by atoms with Gasteiger partial charge in [0.15, 0.2) is 15.3 Å². The molecule has 0 amide bonds. The predicted molar refractivity (Wildman–Crippen MR) is 76.4 cm³/mol. The monoisotopic (exact) mass is 358 g/mol. The molecule has 0 saturated carbocycles. The first-order valence-corrected chi connectivity index (χ1v) is 7.97. The maximum atomic E-state index is 12.3. The normalized spacial score (nSPS) is 11.3. The molecule has 0 fully saturated rings. The molecule has 106 valence electrons. The molecular weight excluding hydrogens is 348 g/mol. The van der Waals surface area contributed by atoms with Crippen molar-refractivity contribution >= 4 is 25.8 Å². The summed E-state index contributed by atoms with van der Waals surface area (Å²) in [6, 6.07) is 2.69. The van der Waals surface area contributed by atoms with E-state index in [9.17, 15) is 13.2 Å². The van der Waals surface area contributed by atoms with E-state index >= 15 is 0 Å². The number of rotatable bonds is 4. The Bertz CT molecular complexity index is 786. The van der Waals surface area contributed by atoms with Gasteiger partial charge in [-0.1, -0.05) is 0 Å². The van der Waals surface area contributed by atoms with Crippen LogP contribution in [-0.4, -0.2) is 25.5 Å². The molecule has 0 spiro atoms. The van der Waals surface area contributed by atoms with Crippen molar-refractivity contribution < 1.29 is 13.2 Å². The van der Waals surface area contributed by atoms with Crippen molar-refractivity contribution in [3.8, 4) is 5.88 Å². The highest BCUT2D eigenvalue weighted by molar-refractivity contribution is 9.10. The first-order chi connectivity index (χ1) is 9.44. The second-order valence-electron chi connectivity index (χ2n) is 3.96. The Hall–Kier alpha value is -1.67. The molecular formula is C12H11BrN2O4S. The molecule has 0 atom stereocenters. The minimum atomic E-state index is -3.65. The number of sulfone groups is 1. The highest BCUT2D eigenvalue weighted by atomic mass is 79.9. The van der Waals surface area contributed by atoms with Gasteiger partial charge in [0.2, 0.25) is 5.88 Å². The highest BCUT2D eigenvalue weighted by Gasteiger charge is 2.19. The van der Waals surface area contributed by atoms with E-state index in [1.54, 1.807) is 0 Å². The van der Waals surface area contributed by atoms with Crippen molar-refractivity contribution in [3.63, 3.8) is 0 Å². The molecule has 0 aliphatic rings. The Morgan fingerprint density at radius 3 is 2.80 bits per heavy atom. The van der Waals surface area contributed by atoms with Crippen LogP contribution in [0.1, 0.15) is 5.56 Å². The molecule has 0 saturated heterocycles. The number of pyridine rings is 2. The average Bonchev–Trinajstić information content (AvgIpc) is 2.41. The summed E-state index contributed by atoms with van der Waals surface area (Å²) in [6.07, 6.45) is 4.03. The SMILES string of the molecule is COc1ncc(S(=O)(=O)Cc2c[nH]ccc2=O)cc1Br. The fourth-order valence-corrected chi connectivity index (χ4v) is 3.55. The van der Waals surface area contributed by atoms with Crippen LogP contribution < -0.4 is 10.2 Å². The largest absolute Gasteiger partial charge is 0.480 e. The van der Waals surface area contributed by atoms with Gasteiger partial charge in [-0.2, -0.15) is 0 Å². The number of methoxy groups -OCH3 is 1. The van der Waals surface area contributed by atoms with Crippen LogP contribution in [0.2, 0.25) is 0 Å². The van der Waals surface area contributed by atoms with Gasteiger partial charge in [-0.3, -0.25) is 4.79 Å². The highest BCUT2D eigenvalue weighted by Crippen LogP contribution is 2.25. The van der Waals surface area contributed by atoms with Gasteiger partial charge in [0.1, 0.15) is 0 Å². The lowest BCUT2D eigenvalue weighted by Gasteiger charge is -2.06. The van der Waals surface area contributed by atoms with Gasteiger partial charge in [0, 0.05) is 30.2 Å². The molecule has 0 radical (unpaired) electrons. The molecule has 0 aliphatic heterocycles. The molecule has 2 aromatic heterocycles. The van der Waals surface area contributed by atoms with E-state index in [4.69, 9.17) is 4.74 Å². The Morgan fingerprint density at radius 1 is 1.45 bits per heavy atom. The summed E-state index contributed by atoms with van der Waals surface area (Å²) in [4.78, 5) is 18.2. The quantitative estimate of drug-likeness (QED) is 0.894. The van der Waals surface area contributed by atoms with Gasteiger partial charge in [0.25, 0.3) is 0 Å². The topological polar surface area (TPSA) is 89.1 Å². The molecule has 2 rings (SSSR count). The van der Waals surface area contributed by atoms with E-state index in [0.29, 0.717) is 10.4 Å². The number of ether oxygens (including phenoxy) is 1. The van der Waals surface area contributed by atoms with Gasteiger partial charge in [0.05, 0.1) is 22.2 Å². The number of aromatic nitrogens is 2. The number of hydrogen-bond donors (Lipinski definition) is 1. The number of nitrogens with one attached hydrogen (secondary N) is 1. The van der Waals surface area contributed by atoms with Crippen LogP contribution >= 0.6 is 15.9 Å². The van der Waals surface area contributed by atoms with E-state index in [2.05, 4.69) is 25.9 Å². The molecule has 0 aliphatic carbocycles. The third kappa shape index (κ3) is 3.07. The minimum Gasteiger partial charge on any atom is -0.480 e. The van der Waals surface area contributed by atoms with E-state index in [0.717, 1.165) is 0 Å². The van der Waals surface area contributed by atoms with Crippen molar-refractivity contribution in [1.82, 2.24) is 9.97 Å². The van der Waals surface area contributed by atoms with Crippen LogP contribution in [0.3, 0.4) is 0 Å². The molecule has 1 N–H and O–H groups in total. The first-order valence-electron chi connectivity index (χ1n) is 5.52. The van der Waals surface area contributed by atoms with Crippen molar-refractivity contribution in [2.24, 2.45) is 0 Å². The fourth-order valence-electron chi connectivity index (χ4n) is 1.58. The summed E-state index contributed by atoms with van der Waals surface area (Å²) in [5.74, 6) is -0.0922. The summed E-state index contributed by atoms with van der Waals surface area (Å²) in [7, 11) is -2.22. The maximum absolute atomic E-state index is 12.3. The summed E-state index contributed by atoms with van der Waals surface area (Å²) in [6.45, 7) is 0. The van der Waals surface area contributed by atoms with E-state index in [-0.39, 0.29) is 21.6 Å². The summed E-state index contributed by atoms with van der Waals surface area (Å²) >= 11 is 3.18. The zero-order chi connectivity index (χ0) is 14.8. The zero-order valence-electron chi connectivity index (χ0n) is 10.5. The molecule has 0 unspecified atom stereocenters. The number of nitrogens with zero attached hydrogens (tertiary/aromatic N) is 1. The number of hydrogen-bond acceptors (Lipinski definition) is 5. The second-order valence-corrected chi connectivity index (χ2v) is 6.80. The fraction of sp³-hybridized carbons (Fsp3) is 0.167. The lowest BCUT2D eigenvalue weighted by Crippen LogP contribution is -2.14. The summed E-state index contributed by atoms with van der Waals surface area (Å²) in [5, 5.41) is 0. The second kappa shape index (κ2) is 5.76.